The lowest BCUT2D eigenvalue weighted by Crippen LogP contribution is -2.46. The normalized spacial score (nSPS) is 22.9. The van der Waals surface area contributed by atoms with Crippen LogP contribution in [0, 0.1) is 5.82 Å². The Labute approximate surface area is 187 Å². The Hall–Kier alpha value is -2.93. The van der Waals surface area contributed by atoms with Crippen molar-refractivity contribution >= 4 is 12.0 Å². The Balaban J connectivity index is 1.51. The van der Waals surface area contributed by atoms with Crippen molar-refractivity contribution in [1.29, 1.82) is 0 Å². The molecule has 170 valence electrons. The molecule has 1 N–H and O–H groups in total. The number of ether oxygens (including phenoxy) is 2. The molecule has 6 nitrogen and oxygen atoms in total. The van der Waals surface area contributed by atoms with E-state index in [0.29, 0.717) is 13.0 Å². The molecule has 3 atom stereocenters. The van der Waals surface area contributed by atoms with Crippen LogP contribution >= 0.6 is 0 Å². The predicted octanol–water partition coefficient (Wildman–Crippen LogP) is 3.98. The number of nitrogens with one attached hydrogen (secondary N) is 1. The summed E-state index contributed by atoms with van der Waals surface area (Å²) in [5.74, 6) is -0.437. The van der Waals surface area contributed by atoms with Crippen LogP contribution in [0.5, 0.6) is 0 Å². The third kappa shape index (κ3) is 4.93. The predicted molar refractivity (Wildman–Crippen MR) is 118 cm³/mol. The molecule has 2 heterocycles. The van der Waals surface area contributed by atoms with Gasteiger partial charge in [-0.3, -0.25) is 4.79 Å². The number of benzene rings is 2. The molecule has 0 aromatic heterocycles. The molecule has 2 aliphatic heterocycles. The summed E-state index contributed by atoms with van der Waals surface area (Å²) < 4.78 is 24.6. The van der Waals surface area contributed by atoms with E-state index in [1.54, 1.807) is 32.9 Å². The van der Waals surface area contributed by atoms with Gasteiger partial charge in [-0.15, -0.1) is 0 Å². The van der Waals surface area contributed by atoms with Gasteiger partial charge >= 0.3 is 6.09 Å². The molecule has 32 heavy (non-hydrogen) atoms. The third-order valence-corrected chi connectivity index (χ3v) is 5.75. The molecule has 2 aromatic rings. The SMILES string of the molecule is CC(C)(C)OC(=O)N[C@@H]1CO[C@H](C(=O)N2CCc3ccccc3[C@@H]2c2ccc(F)cc2)C1. The first kappa shape index (κ1) is 22.3. The Morgan fingerprint density at radius 2 is 1.84 bits per heavy atom. The molecule has 2 amide bonds. The van der Waals surface area contributed by atoms with Crippen molar-refractivity contribution in [3.05, 3.63) is 71.0 Å². The summed E-state index contributed by atoms with van der Waals surface area (Å²) in [6, 6.07) is 13.7. The summed E-state index contributed by atoms with van der Waals surface area (Å²) in [7, 11) is 0. The van der Waals surface area contributed by atoms with Crippen LogP contribution in [0.3, 0.4) is 0 Å². The largest absolute Gasteiger partial charge is 0.444 e. The van der Waals surface area contributed by atoms with Gasteiger partial charge in [-0.1, -0.05) is 36.4 Å². The standard InChI is InChI=1S/C25H29FN2O4/c1-25(2,3)32-24(30)27-19-14-21(31-15-19)23(29)28-13-12-16-6-4-5-7-20(16)22(28)17-8-10-18(26)11-9-17/h4-11,19,21-22H,12-15H2,1-3H3,(H,27,30)/t19-,21-,22-/m0/s1. The zero-order valence-electron chi connectivity index (χ0n) is 18.6. The van der Waals surface area contributed by atoms with E-state index in [9.17, 15) is 14.0 Å². The van der Waals surface area contributed by atoms with Gasteiger partial charge in [-0.2, -0.15) is 0 Å². The molecular weight excluding hydrogens is 411 g/mol. The quantitative estimate of drug-likeness (QED) is 0.784. The van der Waals surface area contributed by atoms with E-state index in [1.807, 2.05) is 23.1 Å². The summed E-state index contributed by atoms with van der Waals surface area (Å²) in [5, 5.41) is 2.79. The first-order chi connectivity index (χ1) is 15.2. The monoisotopic (exact) mass is 440 g/mol. The van der Waals surface area contributed by atoms with Crippen molar-refractivity contribution in [2.45, 2.75) is 57.4 Å². The molecule has 0 unspecified atom stereocenters. The van der Waals surface area contributed by atoms with E-state index < -0.39 is 17.8 Å². The smallest absolute Gasteiger partial charge is 0.407 e. The maximum Gasteiger partial charge on any atom is 0.407 e. The lowest BCUT2D eigenvalue weighted by Gasteiger charge is -2.39. The van der Waals surface area contributed by atoms with Crippen LogP contribution in [0.25, 0.3) is 0 Å². The van der Waals surface area contributed by atoms with Gasteiger partial charge in [0, 0.05) is 13.0 Å². The molecule has 0 aliphatic carbocycles. The number of carbonyl (C=O) groups is 2. The van der Waals surface area contributed by atoms with Gasteiger partial charge in [0.05, 0.1) is 18.7 Å². The summed E-state index contributed by atoms with van der Waals surface area (Å²) in [6.45, 7) is 6.19. The molecule has 4 rings (SSSR count). The van der Waals surface area contributed by atoms with E-state index in [1.165, 1.54) is 17.7 Å². The summed E-state index contributed by atoms with van der Waals surface area (Å²) in [5.41, 5.74) is 2.48. The van der Waals surface area contributed by atoms with Crippen molar-refractivity contribution in [3.8, 4) is 0 Å². The number of halogens is 1. The lowest BCUT2D eigenvalue weighted by atomic mass is 9.87. The zero-order chi connectivity index (χ0) is 22.9. The highest BCUT2D eigenvalue weighted by Crippen LogP contribution is 2.36. The summed E-state index contributed by atoms with van der Waals surface area (Å²) >= 11 is 0. The van der Waals surface area contributed by atoms with Crippen LogP contribution < -0.4 is 5.32 Å². The average Bonchev–Trinajstić information content (AvgIpc) is 3.20. The van der Waals surface area contributed by atoms with Gasteiger partial charge in [0.25, 0.3) is 5.91 Å². The molecule has 7 heteroatoms. The van der Waals surface area contributed by atoms with Gasteiger partial charge in [-0.05, 0) is 56.0 Å². The molecule has 2 aliphatic rings. The van der Waals surface area contributed by atoms with Crippen LogP contribution in [-0.4, -0.2) is 47.8 Å². The molecule has 1 saturated heterocycles. The molecule has 0 spiro atoms. The number of carbonyl (C=O) groups excluding carboxylic acids is 2. The van der Waals surface area contributed by atoms with Crippen molar-refractivity contribution < 1.29 is 23.5 Å². The lowest BCUT2D eigenvalue weighted by molar-refractivity contribution is -0.143. The number of rotatable bonds is 3. The molecular formula is C25H29FN2O4. The first-order valence-corrected chi connectivity index (χ1v) is 11.0. The number of hydrogen-bond acceptors (Lipinski definition) is 4. The number of hydrogen-bond donors (Lipinski definition) is 1. The maximum atomic E-state index is 13.6. The highest BCUT2D eigenvalue weighted by Gasteiger charge is 2.39. The fourth-order valence-corrected chi connectivity index (χ4v) is 4.37. The Kier molecular flexibility index (Phi) is 6.20. The Morgan fingerprint density at radius 3 is 2.56 bits per heavy atom. The van der Waals surface area contributed by atoms with Gasteiger partial charge in [-0.25, -0.2) is 9.18 Å². The van der Waals surface area contributed by atoms with E-state index in [-0.39, 0.29) is 30.4 Å². The highest BCUT2D eigenvalue weighted by molar-refractivity contribution is 5.83. The van der Waals surface area contributed by atoms with Crippen molar-refractivity contribution in [2.24, 2.45) is 0 Å². The van der Waals surface area contributed by atoms with Gasteiger partial charge in [0.1, 0.15) is 17.5 Å². The van der Waals surface area contributed by atoms with Gasteiger partial charge < -0.3 is 19.7 Å². The van der Waals surface area contributed by atoms with Crippen LogP contribution in [0.15, 0.2) is 48.5 Å². The zero-order valence-corrected chi connectivity index (χ0v) is 18.6. The number of alkyl carbamates (subject to hydrolysis) is 1. The van der Waals surface area contributed by atoms with Gasteiger partial charge in [0.15, 0.2) is 0 Å². The van der Waals surface area contributed by atoms with E-state index >= 15 is 0 Å². The molecule has 0 bridgehead atoms. The minimum atomic E-state index is -0.650. The molecule has 0 saturated carbocycles. The van der Waals surface area contributed by atoms with E-state index in [4.69, 9.17) is 9.47 Å². The second kappa shape index (κ2) is 8.90. The average molecular weight is 441 g/mol. The number of nitrogens with zero attached hydrogens (tertiary/aromatic N) is 1. The van der Waals surface area contributed by atoms with Crippen molar-refractivity contribution in [1.82, 2.24) is 10.2 Å². The van der Waals surface area contributed by atoms with Crippen molar-refractivity contribution in [3.63, 3.8) is 0 Å². The maximum absolute atomic E-state index is 13.6. The fourth-order valence-electron chi connectivity index (χ4n) is 4.37. The van der Waals surface area contributed by atoms with Gasteiger partial charge in [0.2, 0.25) is 0 Å². The van der Waals surface area contributed by atoms with Crippen LogP contribution in [0.4, 0.5) is 9.18 Å². The summed E-state index contributed by atoms with van der Waals surface area (Å²) in [4.78, 5) is 27.4. The number of fused-ring (bicyclic) bond motifs is 1. The Bertz CT molecular complexity index is 986. The second-order valence-corrected chi connectivity index (χ2v) is 9.34. The van der Waals surface area contributed by atoms with Crippen LogP contribution in [0.2, 0.25) is 0 Å². The highest BCUT2D eigenvalue weighted by atomic mass is 19.1. The van der Waals surface area contributed by atoms with Crippen molar-refractivity contribution in [2.75, 3.05) is 13.2 Å². The molecule has 2 aromatic carbocycles. The Morgan fingerprint density at radius 1 is 1.12 bits per heavy atom. The summed E-state index contributed by atoms with van der Waals surface area (Å²) in [6.07, 6.45) is -0.0448. The fraction of sp³-hybridized carbons (Fsp3) is 0.440. The van der Waals surface area contributed by atoms with E-state index in [2.05, 4.69) is 11.4 Å². The molecule has 1 fully saturated rings. The van der Waals surface area contributed by atoms with Crippen LogP contribution in [0.1, 0.15) is 49.9 Å². The minimum Gasteiger partial charge on any atom is -0.444 e. The minimum absolute atomic E-state index is 0.123. The topological polar surface area (TPSA) is 67.9 Å². The first-order valence-electron chi connectivity index (χ1n) is 11.0. The number of amides is 2. The molecule has 0 radical (unpaired) electrons. The van der Waals surface area contributed by atoms with Crippen LogP contribution in [-0.2, 0) is 20.7 Å². The third-order valence-electron chi connectivity index (χ3n) is 5.75. The van der Waals surface area contributed by atoms with E-state index in [0.717, 1.165) is 17.5 Å². The second-order valence-electron chi connectivity index (χ2n) is 9.34.